The predicted octanol–water partition coefficient (Wildman–Crippen LogP) is 2.54. The molecule has 1 saturated carbocycles. The van der Waals surface area contributed by atoms with Crippen LogP contribution < -0.4 is 10.5 Å². The quantitative estimate of drug-likeness (QED) is 0.450. The van der Waals surface area contributed by atoms with Crippen LogP contribution in [0.5, 0.6) is 0 Å². The van der Waals surface area contributed by atoms with Gasteiger partial charge in [0.1, 0.15) is 17.8 Å². The molecule has 0 saturated heterocycles. The molecule has 1 fully saturated rings. The molecule has 31 heavy (non-hydrogen) atoms. The van der Waals surface area contributed by atoms with Crippen LogP contribution in [0.2, 0.25) is 0 Å². The number of nitrogens with zero attached hydrogens (tertiary/aromatic N) is 4. The van der Waals surface area contributed by atoms with E-state index in [1.165, 1.54) is 30.9 Å². The maximum absolute atomic E-state index is 13.1. The lowest BCUT2D eigenvalue weighted by atomic mass is 10.00. The van der Waals surface area contributed by atoms with E-state index in [1.54, 1.807) is 6.07 Å². The average molecular weight is 445 g/mol. The van der Waals surface area contributed by atoms with Gasteiger partial charge in [-0.25, -0.2) is 19.3 Å². The molecular weight excluding hydrogens is 416 g/mol. The molecule has 0 aromatic carbocycles. The molecule has 9 nitrogen and oxygen atoms in total. The fourth-order valence-electron chi connectivity index (χ4n) is 4.29. The first-order valence-electron chi connectivity index (χ1n) is 10.7. The highest BCUT2D eigenvalue weighted by molar-refractivity contribution is 7.77. The van der Waals surface area contributed by atoms with E-state index in [4.69, 9.17) is 9.32 Å². The molecule has 4 rings (SSSR count). The second-order valence-corrected chi connectivity index (χ2v) is 8.94. The average Bonchev–Trinajstić information content (AvgIpc) is 3.42. The van der Waals surface area contributed by atoms with E-state index in [0.717, 1.165) is 38.6 Å². The Balaban J connectivity index is 1.41. The molecule has 3 N–H and O–H groups in total. The minimum atomic E-state index is -1.74. The lowest BCUT2D eigenvalue weighted by molar-refractivity contribution is 0.103. The fraction of sp³-hybridized carbons (Fsp3) is 0.524. The number of carbonyl (C=O) groups excluding carboxylic acids is 1. The van der Waals surface area contributed by atoms with Gasteiger partial charge in [0.25, 0.3) is 0 Å². The van der Waals surface area contributed by atoms with Gasteiger partial charge in [-0.05, 0) is 56.9 Å². The highest BCUT2D eigenvalue weighted by Crippen LogP contribution is 2.29. The Labute approximate surface area is 184 Å². The zero-order valence-corrected chi connectivity index (χ0v) is 18.2. The standard InChI is InChI=1S/C21H28N6O3S/c22-31(29)30-13-16-6-7-17(10-16)25-21-18(11-23-14-24-21)20(28)19-8-9-27(26-19)12-15-4-2-1-3-5-15/h4,8-9,11,14,16-17H,1-3,5-7,10,12-13,22H2,(H,23,24,25). The van der Waals surface area contributed by atoms with Gasteiger partial charge in [0.2, 0.25) is 17.0 Å². The Bertz CT molecular complexity index is 976. The third kappa shape index (κ3) is 5.84. The normalized spacial score (nSPS) is 22.2. The van der Waals surface area contributed by atoms with Crippen LogP contribution in [0, 0.1) is 5.92 Å². The summed E-state index contributed by atoms with van der Waals surface area (Å²) >= 11 is -1.74. The topological polar surface area (TPSA) is 125 Å². The van der Waals surface area contributed by atoms with Gasteiger partial charge in [0, 0.05) is 18.4 Å². The third-order valence-electron chi connectivity index (χ3n) is 5.88. The number of nitrogens with two attached hydrogens (primary N) is 1. The van der Waals surface area contributed by atoms with Crippen LogP contribution in [0.3, 0.4) is 0 Å². The predicted molar refractivity (Wildman–Crippen MR) is 117 cm³/mol. The first-order chi connectivity index (χ1) is 15.1. The molecule has 2 aliphatic carbocycles. The summed E-state index contributed by atoms with van der Waals surface area (Å²) in [5.41, 5.74) is 2.17. The Morgan fingerprint density at radius 2 is 2.26 bits per heavy atom. The molecule has 2 aromatic heterocycles. The van der Waals surface area contributed by atoms with Crippen molar-refractivity contribution in [1.29, 1.82) is 0 Å². The minimum absolute atomic E-state index is 0.150. The summed E-state index contributed by atoms with van der Waals surface area (Å²) in [5.74, 6) is 0.588. The fourth-order valence-corrected chi connectivity index (χ4v) is 4.62. The first kappa shape index (κ1) is 21.8. The summed E-state index contributed by atoms with van der Waals surface area (Å²) in [6, 6.07) is 1.90. The van der Waals surface area contributed by atoms with Crippen molar-refractivity contribution >= 4 is 22.9 Å². The first-order valence-corrected chi connectivity index (χ1v) is 11.8. The van der Waals surface area contributed by atoms with Gasteiger partial charge < -0.3 is 5.32 Å². The van der Waals surface area contributed by atoms with Crippen molar-refractivity contribution in [3.8, 4) is 0 Å². The maximum Gasteiger partial charge on any atom is 0.231 e. The Morgan fingerprint density at radius 3 is 3.06 bits per heavy atom. The molecule has 0 spiro atoms. The number of carbonyl (C=O) groups is 1. The summed E-state index contributed by atoms with van der Waals surface area (Å²) in [5, 5.41) is 13.0. The molecule has 10 heteroatoms. The van der Waals surface area contributed by atoms with Crippen LogP contribution in [0.15, 0.2) is 36.4 Å². The van der Waals surface area contributed by atoms with Gasteiger partial charge in [0.15, 0.2) is 0 Å². The highest BCUT2D eigenvalue weighted by Gasteiger charge is 2.27. The number of allylic oxidation sites excluding steroid dienone is 2. The van der Waals surface area contributed by atoms with Crippen LogP contribution >= 0.6 is 0 Å². The summed E-state index contributed by atoms with van der Waals surface area (Å²) in [6.45, 7) is 1.09. The summed E-state index contributed by atoms with van der Waals surface area (Å²) < 4.78 is 17.8. The molecule has 2 heterocycles. The van der Waals surface area contributed by atoms with Crippen LogP contribution in [-0.2, 0) is 22.0 Å². The molecule has 3 atom stereocenters. The summed E-state index contributed by atoms with van der Waals surface area (Å²) in [6.07, 6.45) is 14.5. The van der Waals surface area contributed by atoms with Crippen molar-refractivity contribution < 1.29 is 13.2 Å². The number of hydrogen-bond acceptors (Lipinski definition) is 7. The SMILES string of the molecule is NS(=O)OCC1CCC(Nc2ncncc2C(=O)c2ccn(CC3=CCCCC3)n2)C1. The maximum atomic E-state index is 13.1. The van der Waals surface area contributed by atoms with Gasteiger partial charge in [-0.2, -0.15) is 5.10 Å². The monoisotopic (exact) mass is 444 g/mol. The van der Waals surface area contributed by atoms with E-state index in [9.17, 15) is 9.00 Å². The van der Waals surface area contributed by atoms with Crippen LogP contribution in [0.1, 0.15) is 61.0 Å². The molecule has 2 aromatic rings. The van der Waals surface area contributed by atoms with Crippen LogP contribution in [-0.4, -0.2) is 42.4 Å². The Hall–Kier alpha value is -2.43. The number of anilines is 1. The second kappa shape index (κ2) is 10.3. The zero-order chi connectivity index (χ0) is 21.6. The lowest BCUT2D eigenvalue weighted by Gasteiger charge is -2.15. The molecule has 0 bridgehead atoms. The molecule has 2 aliphatic rings. The molecule has 0 amide bonds. The van der Waals surface area contributed by atoms with Crippen molar-refractivity contribution in [3.05, 3.63) is 47.7 Å². The van der Waals surface area contributed by atoms with Crippen molar-refractivity contribution in [1.82, 2.24) is 19.7 Å². The van der Waals surface area contributed by atoms with E-state index in [2.05, 4.69) is 26.5 Å². The number of nitrogens with one attached hydrogen (secondary N) is 1. The number of rotatable bonds is 9. The van der Waals surface area contributed by atoms with Crippen molar-refractivity contribution in [3.63, 3.8) is 0 Å². The van der Waals surface area contributed by atoms with E-state index < -0.39 is 11.3 Å². The molecule has 0 radical (unpaired) electrons. The lowest BCUT2D eigenvalue weighted by Crippen LogP contribution is -2.21. The van der Waals surface area contributed by atoms with Crippen LogP contribution in [0.25, 0.3) is 0 Å². The molecule has 3 unspecified atom stereocenters. The van der Waals surface area contributed by atoms with Gasteiger partial charge >= 0.3 is 0 Å². The Kier molecular flexibility index (Phi) is 7.21. The molecule has 0 aliphatic heterocycles. The summed E-state index contributed by atoms with van der Waals surface area (Å²) in [7, 11) is 0. The van der Waals surface area contributed by atoms with Gasteiger partial charge in [-0.3, -0.25) is 13.7 Å². The minimum Gasteiger partial charge on any atom is -0.367 e. The largest absolute Gasteiger partial charge is 0.367 e. The van der Waals surface area contributed by atoms with E-state index in [1.807, 2.05) is 10.9 Å². The van der Waals surface area contributed by atoms with Gasteiger partial charge in [-0.1, -0.05) is 11.6 Å². The van der Waals surface area contributed by atoms with E-state index in [-0.39, 0.29) is 17.7 Å². The van der Waals surface area contributed by atoms with E-state index >= 15 is 0 Å². The molecular formula is C21H28N6O3S. The van der Waals surface area contributed by atoms with Crippen LogP contribution in [0.4, 0.5) is 5.82 Å². The van der Waals surface area contributed by atoms with Gasteiger partial charge in [-0.15, -0.1) is 0 Å². The van der Waals surface area contributed by atoms with Crippen molar-refractivity contribution in [2.75, 3.05) is 11.9 Å². The summed E-state index contributed by atoms with van der Waals surface area (Å²) in [4.78, 5) is 21.5. The van der Waals surface area contributed by atoms with Crippen molar-refractivity contribution in [2.45, 2.75) is 57.5 Å². The van der Waals surface area contributed by atoms with Crippen molar-refractivity contribution in [2.24, 2.45) is 11.1 Å². The number of aromatic nitrogens is 4. The number of hydrogen-bond donors (Lipinski definition) is 2. The molecule has 166 valence electrons. The van der Waals surface area contributed by atoms with E-state index in [0.29, 0.717) is 23.7 Å². The number of ketones is 1. The smallest absolute Gasteiger partial charge is 0.231 e. The third-order valence-corrected chi connectivity index (χ3v) is 6.25. The zero-order valence-electron chi connectivity index (χ0n) is 17.4. The highest BCUT2D eigenvalue weighted by atomic mass is 32.2. The second-order valence-electron chi connectivity index (χ2n) is 8.19. The van der Waals surface area contributed by atoms with Gasteiger partial charge in [0.05, 0.1) is 18.7 Å². The Morgan fingerprint density at radius 1 is 1.35 bits per heavy atom.